The van der Waals surface area contributed by atoms with E-state index >= 15 is 0 Å². The zero-order valence-electron chi connectivity index (χ0n) is 6.28. The van der Waals surface area contributed by atoms with Crippen molar-refractivity contribution in [1.29, 1.82) is 0 Å². The molecular formula is C8H9NOS. The summed E-state index contributed by atoms with van der Waals surface area (Å²) >= 11 is 1.30. The Kier molecular flexibility index (Phi) is 1.53. The van der Waals surface area contributed by atoms with Gasteiger partial charge in [0.1, 0.15) is 0 Å². The van der Waals surface area contributed by atoms with Gasteiger partial charge < -0.3 is 0 Å². The van der Waals surface area contributed by atoms with Gasteiger partial charge in [0.25, 0.3) is 0 Å². The highest BCUT2D eigenvalue weighted by Gasteiger charge is 2.39. The van der Waals surface area contributed by atoms with Crippen LogP contribution in [0, 0.1) is 11.8 Å². The van der Waals surface area contributed by atoms with Crippen molar-refractivity contribution in [2.24, 2.45) is 11.8 Å². The second-order valence-electron chi connectivity index (χ2n) is 3.06. The largest absolute Gasteiger partial charge is 0.293 e. The zero-order valence-corrected chi connectivity index (χ0v) is 7.10. The molecule has 2 nitrogen and oxygen atoms in total. The van der Waals surface area contributed by atoms with Gasteiger partial charge in [-0.25, -0.2) is 4.37 Å². The topological polar surface area (TPSA) is 30.0 Å². The monoisotopic (exact) mass is 167 g/mol. The van der Waals surface area contributed by atoms with E-state index < -0.39 is 0 Å². The molecule has 11 heavy (non-hydrogen) atoms. The van der Waals surface area contributed by atoms with Crippen LogP contribution in [0.25, 0.3) is 0 Å². The first-order chi connectivity index (χ1) is 5.29. The molecule has 1 aliphatic carbocycles. The molecule has 0 aromatic carbocycles. The van der Waals surface area contributed by atoms with Crippen molar-refractivity contribution in [2.75, 3.05) is 0 Å². The Labute approximate surface area is 69.4 Å². The standard InChI is InChI=1S/C8H9NOS/c1-5-4-6(5)8(10)7-2-3-9-11-7/h2-3,5-6H,4H2,1H3. The average Bonchev–Trinajstić information content (AvgIpc) is 2.56. The molecule has 1 aromatic heterocycles. The Balaban J connectivity index is 2.13. The quantitative estimate of drug-likeness (QED) is 0.630. The molecule has 2 unspecified atom stereocenters. The minimum atomic E-state index is 0.292. The fourth-order valence-corrected chi connectivity index (χ4v) is 1.81. The molecule has 0 radical (unpaired) electrons. The van der Waals surface area contributed by atoms with Gasteiger partial charge in [-0.05, 0) is 29.9 Å². The molecule has 0 aliphatic heterocycles. The van der Waals surface area contributed by atoms with Crippen LogP contribution >= 0.6 is 11.5 Å². The first-order valence-electron chi connectivity index (χ1n) is 3.74. The molecule has 2 atom stereocenters. The van der Waals surface area contributed by atoms with Crippen LogP contribution in [0.2, 0.25) is 0 Å². The molecule has 58 valence electrons. The van der Waals surface area contributed by atoms with E-state index in [1.807, 2.05) is 0 Å². The maximum absolute atomic E-state index is 11.4. The number of carbonyl (C=O) groups is 1. The number of nitrogens with zero attached hydrogens (tertiary/aromatic N) is 1. The fraction of sp³-hybridized carbons (Fsp3) is 0.500. The Morgan fingerprint density at radius 2 is 2.55 bits per heavy atom. The summed E-state index contributed by atoms with van der Waals surface area (Å²) in [5, 5.41) is 0. The van der Waals surface area contributed by atoms with E-state index in [9.17, 15) is 4.79 Å². The van der Waals surface area contributed by atoms with E-state index in [4.69, 9.17) is 0 Å². The van der Waals surface area contributed by atoms with Gasteiger partial charge in [0.15, 0.2) is 5.78 Å². The lowest BCUT2D eigenvalue weighted by Gasteiger charge is -1.90. The molecule has 0 saturated heterocycles. The number of hydrogen-bond acceptors (Lipinski definition) is 3. The van der Waals surface area contributed by atoms with Gasteiger partial charge in [-0.1, -0.05) is 6.92 Å². The SMILES string of the molecule is CC1CC1C(=O)c1ccns1. The fourth-order valence-electron chi connectivity index (χ4n) is 1.21. The van der Waals surface area contributed by atoms with Gasteiger partial charge in [0.05, 0.1) is 4.88 Å². The Morgan fingerprint density at radius 1 is 1.82 bits per heavy atom. The third kappa shape index (κ3) is 1.20. The summed E-state index contributed by atoms with van der Waals surface area (Å²) in [6, 6.07) is 1.80. The minimum Gasteiger partial charge on any atom is -0.293 e. The molecule has 1 saturated carbocycles. The van der Waals surface area contributed by atoms with Gasteiger partial charge in [-0.15, -0.1) is 0 Å². The lowest BCUT2D eigenvalue weighted by Crippen LogP contribution is -1.99. The third-order valence-electron chi connectivity index (χ3n) is 2.13. The summed E-state index contributed by atoms with van der Waals surface area (Å²) in [4.78, 5) is 12.3. The number of ketones is 1. The molecule has 2 rings (SSSR count). The predicted molar refractivity (Wildman–Crippen MR) is 43.7 cm³/mol. The molecule has 1 fully saturated rings. The molecule has 0 amide bonds. The smallest absolute Gasteiger partial charge is 0.177 e. The zero-order chi connectivity index (χ0) is 7.84. The summed E-state index contributed by atoms with van der Waals surface area (Å²) in [6.07, 6.45) is 2.75. The van der Waals surface area contributed by atoms with Crippen LogP contribution in [0.4, 0.5) is 0 Å². The summed E-state index contributed by atoms with van der Waals surface area (Å²) < 4.78 is 3.90. The van der Waals surface area contributed by atoms with Crippen molar-refractivity contribution in [3.63, 3.8) is 0 Å². The van der Waals surface area contributed by atoms with E-state index in [0.717, 1.165) is 11.3 Å². The highest BCUT2D eigenvalue weighted by atomic mass is 32.1. The van der Waals surface area contributed by atoms with Crippen molar-refractivity contribution in [3.8, 4) is 0 Å². The van der Waals surface area contributed by atoms with Crippen molar-refractivity contribution in [3.05, 3.63) is 17.1 Å². The summed E-state index contributed by atoms with van der Waals surface area (Å²) in [6.45, 7) is 2.11. The highest BCUT2D eigenvalue weighted by molar-refractivity contribution is 7.08. The highest BCUT2D eigenvalue weighted by Crippen LogP contribution is 2.40. The van der Waals surface area contributed by atoms with Crippen molar-refractivity contribution < 1.29 is 4.79 Å². The molecule has 0 bridgehead atoms. The maximum Gasteiger partial charge on any atom is 0.177 e. The summed E-state index contributed by atoms with van der Waals surface area (Å²) in [5.41, 5.74) is 0. The summed E-state index contributed by atoms with van der Waals surface area (Å²) in [5.74, 6) is 1.19. The van der Waals surface area contributed by atoms with Crippen LogP contribution in [0.3, 0.4) is 0 Å². The number of hydrogen-bond donors (Lipinski definition) is 0. The van der Waals surface area contributed by atoms with E-state index in [1.54, 1.807) is 12.3 Å². The van der Waals surface area contributed by atoms with E-state index in [-0.39, 0.29) is 0 Å². The van der Waals surface area contributed by atoms with Crippen LogP contribution in [-0.4, -0.2) is 10.2 Å². The van der Waals surface area contributed by atoms with Crippen LogP contribution < -0.4 is 0 Å². The minimum absolute atomic E-state index is 0.292. The first kappa shape index (κ1) is 6.98. The predicted octanol–water partition coefficient (Wildman–Crippen LogP) is 1.98. The van der Waals surface area contributed by atoms with Crippen molar-refractivity contribution in [1.82, 2.24) is 4.37 Å². The first-order valence-corrected chi connectivity index (χ1v) is 4.51. The second kappa shape index (κ2) is 2.41. The number of aromatic nitrogens is 1. The van der Waals surface area contributed by atoms with Crippen LogP contribution in [0.15, 0.2) is 12.3 Å². The molecule has 0 spiro atoms. The molecule has 3 heteroatoms. The van der Waals surface area contributed by atoms with Gasteiger partial charge in [0, 0.05) is 12.1 Å². The van der Waals surface area contributed by atoms with E-state index in [1.165, 1.54) is 11.5 Å². The molecular weight excluding hydrogens is 158 g/mol. The van der Waals surface area contributed by atoms with Crippen LogP contribution in [-0.2, 0) is 0 Å². The van der Waals surface area contributed by atoms with Crippen LogP contribution in [0.1, 0.15) is 23.0 Å². The van der Waals surface area contributed by atoms with Gasteiger partial charge in [-0.2, -0.15) is 0 Å². The lowest BCUT2D eigenvalue weighted by molar-refractivity contribution is 0.0966. The maximum atomic E-state index is 11.4. The van der Waals surface area contributed by atoms with Gasteiger partial charge >= 0.3 is 0 Å². The molecule has 1 heterocycles. The lowest BCUT2D eigenvalue weighted by atomic mass is 10.2. The van der Waals surface area contributed by atoms with Crippen molar-refractivity contribution in [2.45, 2.75) is 13.3 Å². The third-order valence-corrected chi connectivity index (χ3v) is 2.89. The molecule has 1 aliphatic rings. The summed E-state index contributed by atoms with van der Waals surface area (Å²) in [7, 11) is 0. The van der Waals surface area contributed by atoms with E-state index in [2.05, 4.69) is 11.3 Å². The Morgan fingerprint density at radius 3 is 3.00 bits per heavy atom. The number of Topliss-reactive ketones (excluding diaryl/α,β-unsaturated/α-hetero) is 1. The Hall–Kier alpha value is -0.700. The molecule has 0 N–H and O–H groups in total. The normalized spacial score (nSPS) is 28.5. The average molecular weight is 167 g/mol. The second-order valence-corrected chi connectivity index (χ2v) is 3.89. The van der Waals surface area contributed by atoms with Crippen molar-refractivity contribution >= 4 is 17.3 Å². The van der Waals surface area contributed by atoms with Crippen LogP contribution in [0.5, 0.6) is 0 Å². The van der Waals surface area contributed by atoms with E-state index in [0.29, 0.717) is 17.6 Å². The van der Waals surface area contributed by atoms with Gasteiger partial charge in [0.2, 0.25) is 0 Å². The van der Waals surface area contributed by atoms with Gasteiger partial charge in [-0.3, -0.25) is 4.79 Å². The number of rotatable bonds is 2. The Bertz CT molecular complexity index is 268. The molecule has 1 aromatic rings. The number of carbonyl (C=O) groups excluding carboxylic acids is 1.